The van der Waals surface area contributed by atoms with Crippen molar-refractivity contribution < 1.29 is 0 Å². The smallest absolute Gasteiger partial charge is 0.0699 e. The molecule has 0 radical (unpaired) electrons. The lowest BCUT2D eigenvalue weighted by molar-refractivity contribution is 0.977. The predicted molar refractivity (Wildman–Crippen MR) is 103 cm³/mol. The molecule has 0 fully saturated rings. The van der Waals surface area contributed by atoms with Gasteiger partial charge in [0.2, 0.25) is 0 Å². The molecule has 0 aliphatic carbocycles. The average Bonchev–Trinajstić information content (AvgIpc) is 3.16. The van der Waals surface area contributed by atoms with Crippen molar-refractivity contribution in [3.8, 4) is 11.4 Å². The Labute approximate surface area is 145 Å². The average molecular weight is 320 g/mol. The minimum atomic E-state index is 0.929. The molecule has 2 aromatic heterocycles. The van der Waals surface area contributed by atoms with Gasteiger partial charge in [0.1, 0.15) is 0 Å². The van der Waals surface area contributed by atoms with E-state index in [1.165, 1.54) is 44.6 Å². The molecular weight excluding hydrogens is 304 g/mol. The largest absolute Gasteiger partial charge is 0.311 e. The Bertz CT molecular complexity index is 1170. The van der Waals surface area contributed by atoms with Crippen LogP contribution in [0.4, 0.5) is 0 Å². The van der Waals surface area contributed by atoms with Crippen molar-refractivity contribution in [1.82, 2.24) is 9.13 Å². The summed E-state index contributed by atoms with van der Waals surface area (Å²) in [6.45, 7) is 0. The number of nitrogens with zero attached hydrogens (tertiary/aromatic N) is 2. The molecule has 2 nitrogen and oxygen atoms in total. The molecule has 2 heteroatoms. The van der Waals surface area contributed by atoms with Crippen LogP contribution in [0.5, 0.6) is 0 Å². The third-order valence-corrected chi connectivity index (χ3v) is 5.30. The second kappa shape index (κ2) is 4.64. The van der Waals surface area contributed by atoms with E-state index < -0.39 is 0 Å². The topological polar surface area (TPSA) is 9.86 Å². The molecule has 5 aromatic rings. The second-order valence-electron chi connectivity index (χ2n) is 6.73. The summed E-state index contributed by atoms with van der Waals surface area (Å²) in [7, 11) is 0. The maximum atomic E-state index is 2.42. The lowest BCUT2D eigenvalue weighted by Gasteiger charge is -2.14. The van der Waals surface area contributed by atoms with Crippen LogP contribution in [0.25, 0.3) is 33.2 Å². The van der Waals surface area contributed by atoms with Crippen molar-refractivity contribution in [1.29, 1.82) is 0 Å². The molecule has 0 saturated carbocycles. The van der Waals surface area contributed by atoms with E-state index in [2.05, 4.69) is 94.1 Å². The molecular formula is C23H16N2. The first kappa shape index (κ1) is 13.1. The van der Waals surface area contributed by atoms with E-state index in [4.69, 9.17) is 0 Å². The molecule has 3 heterocycles. The highest BCUT2D eigenvalue weighted by Crippen LogP contribution is 2.36. The zero-order valence-corrected chi connectivity index (χ0v) is 13.7. The Balaban J connectivity index is 1.80. The number of rotatable bonds is 0. The zero-order chi connectivity index (χ0) is 16.4. The first-order valence-corrected chi connectivity index (χ1v) is 8.69. The summed E-state index contributed by atoms with van der Waals surface area (Å²) >= 11 is 0. The van der Waals surface area contributed by atoms with Crippen LogP contribution < -0.4 is 0 Å². The van der Waals surface area contributed by atoms with E-state index in [0.29, 0.717) is 0 Å². The molecule has 0 unspecified atom stereocenters. The van der Waals surface area contributed by atoms with E-state index in [1.807, 2.05) is 0 Å². The van der Waals surface area contributed by atoms with E-state index in [1.54, 1.807) is 0 Å². The van der Waals surface area contributed by atoms with Crippen LogP contribution in [0.1, 0.15) is 11.4 Å². The molecule has 3 aromatic carbocycles. The van der Waals surface area contributed by atoms with Crippen LogP contribution >= 0.6 is 0 Å². The van der Waals surface area contributed by atoms with Crippen molar-refractivity contribution in [2.24, 2.45) is 0 Å². The highest BCUT2D eigenvalue weighted by atomic mass is 15.1. The molecule has 1 aliphatic rings. The van der Waals surface area contributed by atoms with Gasteiger partial charge in [0.25, 0.3) is 0 Å². The fourth-order valence-electron chi connectivity index (χ4n) is 4.28. The molecule has 25 heavy (non-hydrogen) atoms. The highest BCUT2D eigenvalue weighted by Gasteiger charge is 2.22. The van der Waals surface area contributed by atoms with Gasteiger partial charge in [-0.15, -0.1) is 0 Å². The standard InChI is InChI=1S/C23H16N2/c1-3-9-20-16(7-1)13-18-15-19-14-17-8-2-4-10-21(17)25(19)23-12-6-5-11-22(23)24(18)20/h1-14H,15H2. The summed E-state index contributed by atoms with van der Waals surface area (Å²) in [6.07, 6.45) is 0.929. The lowest BCUT2D eigenvalue weighted by Crippen LogP contribution is -2.01. The van der Waals surface area contributed by atoms with Crippen molar-refractivity contribution >= 4 is 21.8 Å². The first-order chi connectivity index (χ1) is 12.4. The number of benzene rings is 3. The summed E-state index contributed by atoms with van der Waals surface area (Å²) in [6, 6.07) is 30.7. The van der Waals surface area contributed by atoms with Crippen molar-refractivity contribution in [2.75, 3.05) is 0 Å². The van der Waals surface area contributed by atoms with Crippen molar-refractivity contribution in [3.63, 3.8) is 0 Å². The quantitative estimate of drug-likeness (QED) is 0.351. The summed E-state index contributed by atoms with van der Waals surface area (Å²) < 4.78 is 4.85. The van der Waals surface area contributed by atoms with Gasteiger partial charge in [-0.2, -0.15) is 0 Å². The monoisotopic (exact) mass is 320 g/mol. The van der Waals surface area contributed by atoms with Crippen molar-refractivity contribution in [3.05, 3.63) is 96.3 Å². The molecule has 0 bridgehead atoms. The van der Waals surface area contributed by atoms with Gasteiger partial charge in [-0.3, -0.25) is 0 Å². The summed E-state index contributed by atoms with van der Waals surface area (Å²) in [5.41, 5.74) is 7.74. The maximum absolute atomic E-state index is 2.42. The Kier molecular flexibility index (Phi) is 2.43. The Morgan fingerprint density at radius 3 is 1.48 bits per heavy atom. The van der Waals surface area contributed by atoms with Gasteiger partial charge < -0.3 is 9.13 Å². The fraction of sp³-hybridized carbons (Fsp3) is 0.0435. The second-order valence-corrected chi connectivity index (χ2v) is 6.73. The predicted octanol–water partition coefficient (Wildman–Crippen LogP) is 5.48. The van der Waals surface area contributed by atoms with Crippen LogP contribution in [0, 0.1) is 0 Å². The summed E-state index contributed by atoms with van der Waals surface area (Å²) in [4.78, 5) is 0. The van der Waals surface area contributed by atoms with Gasteiger partial charge >= 0.3 is 0 Å². The molecule has 1 aliphatic heterocycles. The molecule has 118 valence electrons. The number of hydrogen-bond donors (Lipinski definition) is 0. The van der Waals surface area contributed by atoms with E-state index in [-0.39, 0.29) is 0 Å². The van der Waals surface area contributed by atoms with Gasteiger partial charge in [0, 0.05) is 28.6 Å². The SMILES string of the molecule is c1ccc2c(c1)-n1c(cc3ccccc31)Cc1cc3ccccc3n1-2. The molecule has 0 N–H and O–H groups in total. The van der Waals surface area contributed by atoms with Crippen LogP contribution in [0.3, 0.4) is 0 Å². The van der Waals surface area contributed by atoms with Crippen LogP contribution in [0.15, 0.2) is 84.9 Å². The van der Waals surface area contributed by atoms with E-state index in [9.17, 15) is 0 Å². The number of aromatic nitrogens is 2. The molecule has 0 amide bonds. The zero-order valence-electron chi connectivity index (χ0n) is 13.7. The summed E-state index contributed by atoms with van der Waals surface area (Å²) in [5.74, 6) is 0. The first-order valence-electron chi connectivity index (χ1n) is 8.69. The Hall–Kier alpha value is -3.26. The van der Waals surface area contributed by atoms with Gasteiger partial charge in [-0.25, -0.2) is 0 Å². The van der Waals surface area contributed by atoms with Crippen molar-refractivity contribution in [2.45, 2.75) is 6.42 Å². The molecule has 0 spiro atoms. The minimum Gasteiger partial charge on any atom is -0.311 e. The third kappa shape index (κ3) is 1.69. The maximum Gasteiger partial charge on any atom is 0.0699 e. The number of para-hydroxylation sites is 4. The van der Waals surface area contributed by atoms with Gasteiger partial charge in [-0.1, -0.05) is 48.5 Å². The molecule has 0 atom stereocenters. The van der Waals surface area contributed by atoms with E-state index in [0.717, 1.165) is 6.42 Å². The van der Waals surface area contributed by atoms with E-state index >= 15 is 0 Å². The van der Waals surface area contributed by atoms with Gasteiger partial charge in [0.15, 0.2) is 0 Å². The lowest BCUT2D eigenvalue weighted by atomic mass is 10.2. The Morgan fingerprint density at radius 2 is 0.960 bits per heavy atom. The minimum absolute atomic E-state index is 0.929. The molecule has 0 saturated heterocycles. The van der Waals surface area contributed by atoms with Crippen LogP contribution in [-0.2, 0) is 6.42 Å². The Morgan fingerprint density at radius 1 is 0.520 bits per heavy atom. The summed E-state index contributed by atoms with van der Waals surface area (Å²) in [5, 5.41) is 2.61. The van der Waals surface area contributed by atoms with Crippen LogP contribution in [-0.4, -0.2) is 9.13 Å². The number of fused-ring (bicyclic) bond motifs is 9. The van der Waals surface area contributed by atoms with Gasteiger partial charge in [0.05, 0.1) is 22.4 Å². The normalized spacial score (nSPS) is 12.6. The molecule has 6 rings (SSSR count). The fourth-order valence-corrected chi connectivity index (χ4v) is 4.28. The van der Waals surface area contributed by atoms with Gasteiger partial charge in [-0.05, 0) is 36.4 Å². The third-order valence-electron chi connectivity index (χ3n) is 5.30. The van der Waals surface area contributed by atoms with Crippen LogP contribution in [0.2, 0.25) is 0 Å². The number of hydrogen-bond acceptors (Lipinski definition) is 0. The highest BCUT2D eigenvalue weighted by molar-refractivity contribution is 5.88.